The second-order valence-corrected chi connectivity index (χ2v) is 10.6. The molecule has 45 heavy (non-hydrogen) atoms. The van der Waals surface area contributed by atoms with Crippen molar-refractivity contribution in [1.82, 2.24) is 35.3 Å². The minimum Gasteiger partial charge on any atom is -0.358 e. The Kier molecular flexibility index (Phi) is 13.6. The lowest BCUT2D eigenvalue weighted by atomic mass is 10.1. The summed E-state index contributed by atoms with van der Waals surface area (Å²) >= 11 is 0. The number of carbonyl (C=O) groups excluding carboxylic acids is 3. The highest BCUT2D eigenvalue weighted by atomic mass is 16.2. The van der Waals surface area contributed by atoms with Crippen LogP contribution in [0.15, 0.2) is 73.1 Å². The molecule has 0 radical (unpaired) electrons. The summed E-state index contributed by atoms with van der Waals surface area (Å²) in [4.78, 5) is 47.3. The van der Waals surface area contributed by atoms with E-state index in [9.17, 15) is 14.4 Å². The van der Waals surface area contributed by atoms with Crippen molar-refractivity contribution in [2.24, 2.45) is 0 Å². The van der Waals surface area contributed by atoms with Gasteiger partial charge in [0.15, 0.2) is 0 Å². The molecule has 10 heteroatoms. The smallest absolute Gasteiger partial charge is 0.242 e. The van der Waals surface area contributed by atoms with Crippen molar-refractivity contribution in [2.45, 2.75) is 33.7 Å². The normalized spacial score (nSPS) is 10.9. The van der Waals surface area contributed by atoms with Gasteiger partial charge in [0, 0.05) is 35.6 Å². The van der Waals surface area contributed by atoms with E-state index in [0.717, 1.165) is 52.3 Å². The molecule has 0 atom stereocenters. The number of nitrogens with zero attached hydrogens (tertiary/aromatic N) is 4. The zero-order valence-corrected chi connectivity index (χ0v) is 26.6. The van der Waals surface area contributed by atoms with Crippen LogP contribution in [0.5, 0.6) is 0 Å². The average Bonchev–Trinajstić information content (AvgIpc) is 3.52. The van der Waals surface area contributed by atoms with Crippen LogP contribution < -0.4 is 10.6 Å². The maximum absolute atomic E-state index is 12.4. The molecule has 3 N–H and O–H groups in total. The summed E-state index contributed by atoms with van der Waals surface area (Å²) in [5.74, 6) is 7.14. The number of hydrogen-bond donors (Lipinski definition) is 3. The monoisotopic (exact) mass is 609 g/mol. The highest BCUT2D eigenvalue weighted by molar-refractivity contribution is 5.80. The largest absolute Gasteiger partial charge is 0.358 e. The Bertz CT molecular complexity index is 1520. The Morgan fingerprint density at radius 2 is 1.71 bits per heavy atom. The number of benzene rings is 2. The van der Waals surface area contributed by atoms with E-state index in [1.54, 1.807) is 9.80 Å². The molecule has 0 saturated carbocycles. The molecule has 3 rings (SSSR count). The van der Waals surface area contributed by atoms with E-state index < -0.39 is 0 Å². The SMILES string of the molecule is C=C(CN(CCC)C(=O)CNC=O)N/C(=C\C)c1ccc(C#Cc2ccc(-c3cnc(CN(C)CN(C=O)CC)[nH]3)cc2)cc1. The van der Waals surface area contributed by atoms with Gasteiger partial charge in [-0.1, -0.05) is 55.7 Å². The molecule has 0 unspecified atom stereocenters. The number of aromatic amines is 1. The second kappa shape index (κ2) is 17.9. The zero-order valence-electron chi connectivity index (χ0n) is 26.6. The third-order valence-electron chi connectivity index (χ3n) is 6.93. The van der Waals surface area contributed by atoms with Gasteiger partial charge in [-0.25, -0.2) is 4.98 Å². The molecule has 0 aliphatic rings. The van der Waals surface area contributed by atoms with Gasteiger partial charge in [-0.2, -0.15) is 0 Å². The van der Waals surface area contributed by atoms with Crippen molar-refractivity contribution >= 4 is 24.4 Å². The Morgan fingerprint density at radius 3 is 2.29 bits per heavy atom. The van der Waals surface area contributed by atoms with Crippen molar-refractivity contribution in [1.29, 1.82) is 0 Å². The van der Waals surface area contributed by atoms with Gasteiger partial charge in [0.05, 0.1) is 38.2 Å². The first kappa shape index (κ1) is 34.4. The Morgan fingerprint density at radius 1 is 1.04 bits per heavy atom. The van der Waals surface area contributed by atoms with E-state index in [1.807, 2.05) is 93.5 Å². The van der Waals surface area contributed by atoms with Gasteiger partial charge in [0.1, 0.15) is 5.82 Å². The fourth-order valence-corrected chi connectivity index (χ4v) is 4.60. The number of nitrogens with one attached hydrogen (secondary N) is 3. The van der Waals surface area contributed by atoms with Crippen LogP contribution in [-0.2, 0) is 20.9 Å². The van der Waals surface area contributed by atoms with Crippen LogP contribution >= 0.6 is 0 Å². The van der Waals surface area contributed by atoms with Gasteiger partial charge < -0.3 is 25.4 Å². The molecule has 2 aromatic carbocycles. The van der Waals surface area contributed by atoms with E-state index in [-0.39, 0.29) is 12.5 Å². The van der Waals surface area contributed by atoms with Gasteiger partial charge in [0.25, 0.3) is 0 Å². The van der Waals surface area contributed by atoms with Gasteiger partial charge in [-0.3, -0.25) is 19.3 Å². The van der Waals surface area contributed by atoms with E-state index in [2.05, 4.69) is 39.0 Å². The highest BCUT2D eigenvalue weighted by Crippen LogP contribution is 2.19. The van der Waals surface area contributed by atoms with Gasteiger partial charge in [0.2, 0.25) is 18.7 Å². The number of H-pyrrole nitrogens is 1. The number of allylic oxidation sites excluding steroid dienone is 1. The topological polar surface area (TPSA) is 114 Å². The fraction of sp³-hybridized carbons (Fsp3) is 0.314. The molecule has 0 aliphatic carbocycles. The van der Waals surface area contributed by atoms with Crippen molar-refractivity contribution in [3.05, 3.63) is 95.6 Å². The number of rotatable bonds is 17. The van der Waals surface area contributed by atoms with E-state index in [1.165, 1.54) is 0 Å². The first-order chi connectivity index (χ1) is 21.8. The maximum atomic E-state index is 12.4. The van der Waals surface area contributed by atoms with Crippen LogP contribution in [0.2, 0.25) is 0 Å². The fourth-order valence-electron chi connectivity index (χ4n) is 4.60. The molecule has 236 valence electrons. The summed E-state index contributed by atoms with van der Waals surface area (Å²) in [6.07, 6.45) is 5.96. The van der Waals surface area contributed by atoms with Gasteiger partial charge in [-0.15, -0.1) is 0 Å². The first-order valence-electron chi connectivity index (χ1n) is 15.0. The van der Waals surface area contributed by atoms with Gasteiger partial charge >= 0.3 is 0 Å². The maximum Gasteiger partial charge on any atom is 0.242 e. The van der Waals surface area contributed by atoms with Crippen molar-refractivity contribution < 1.29 is 14.4 Å². The molecule has 3 amide bonds. The molecule has 1 heterocycles. The lowest BCUT2D eigenvalue weighted by Crippen LogP contribution is -2.40. The van der Waals surface area contributed by atoms with Crippen molar-refractivity contribution in [3.63, 3.8) is 0 Å². The minimum atomic E-state index is -0.155. The highest BCUT2D eigenvalue weighted by Gasteiger charge is 2.14. The van der Waals surface area contributed by atoms with Crippen LogP contribution in [0.1, 0.15) is 49.7 Å². The molecule has 0 aliphatic heterocycles. The Hall–Kier alpha value is -5.14. The predicted molar refractivity (Wildman–Crippen MR) is 178 cm³/mol. The number of carbonyl (C=O) groups is 3. The molecule has 3 aromatic rings. The number of amides is 3. The molecule has 0 saturated heterocycles. The molecule has 0 fully saturated rings. The van der Waals surface area contributed by atoms with Crippen LogP contribution in [0.4, 0.5) is 0 Å². The molecule has 1 aromatic heterocycles. The molecular formula is C35H43N7O3. The summed E-state index contributed by atoms with van der Waals surface area (Å²) in [6, 6.07) is 16.0. The van der Waals surface area contributed by atoms with Crippen LogP contribution in [0.3, 0.4) is 0 Å². The summed E-state index contributed by atoms with van der Waals surface area (Å²) < 4.78 is 0. The van der Waals surface area contributed by atoms with Crippen LogP contribution in [-0.4, -0.2) is 83.3 Å². The predicted octanol–water partition coefficient (Wildman–Crippen LogP) is 3.79. The summed E-state index contributed by atoms with van der Waals surface area (Å²) in [5, 5.41) is 5.75. The Labute approximate surface area is 266 Å². The van der Waals surface area contributed by atoms with Gasteiger partial charge in [-0.05, 0) is 62.7 Å². The molecule has 0 spiro atoms. The third kappa shape index (κ3) is 10.8. The standard InChI is InChI=1S/C35H43N7O3/c1-6-19-42(35(45)21-36-24-43)22-27(4)38-32(7-2)30-15-11-28(12-16-30)9-10-29-13-17-31(18-14-29)33-20-37-34(39-33)23-40(5)25-41(8-3)26-44/h7,11-18,20,24,26,38H,4,6,8,19,21-23,25H2,1-3,5H3,(H,36,43)(H,37,39)/b32-7-. The lowest BCUT2D eigenvalue weighted by Gasteiger charge is -2.24. The third-order valence-corrected chi connectivity index (χ3v) is 6.93. The molecule has 0 bridgehead atoms. The quantitative estimate of drug-likeness (QED) is 0.122. The van der Waals surface area contributed by atoms with E-state index in [0.29, 0.717) is 45.0 Å². The Balaban J connectivity index is 1.58. The number of hydrogen-bond acceptors (Lipinski definition) is 6. The zero-order chi connectivity index (χ0) is 32.6. The number of imidazole rings is 1. The van der Waals surface area contributed by atoms with Crippen LogP contribution in [0, 0.1) is 11.8 Å². The first-order valence-corrected chi connectivity index (χ1v) is 15.0. The lowest BCUT2D eigenvalue weighted by molar-refractivity contribution is -0.131. The molecular weight excluding hydrogens is 566 g/mol. The number of aromatic nitrogens is 2. The van der Waals surface area contributed by atoms with Crippen molar-refractivity contribution in [2.75, 3.05) is 39.9 Å². The van der Waals surface area contributed by atoms with Crippen molar-refractivity contribution in [3.8, 4) is 23.1 Å². The summed E-state index contributed by atoms with van der Waals surface area (Å²) in [7, 11) is 1.95. The average molecular weight is 610 g/mol. The summed E-state index contributed by atoms with van der Waals surface area (Å²) in [6.45, 7) is 12.7. The van der Waals surface area contributed by atoms with E-state index in [4.69, 9.17) is 0 Å². The second-order valence-electron chi connectivity index (χ2n) is 10.6. The summed E-state index contributed by atoms with van der Waals surface area (Å²) in [5.41, 5.74) is 6.26. The molecule has 10 nitrogen and oxygen atoms in total. The van der Waals surface area contributed by atoms with E-state index >= 15 is 0 Å². The van der Waals surface area contributed by atoms with Crippen LogP contribution in [0.25, 0.3) is 17.0 Å². The minimum absolute atomic E-state index is 0.0354.